The molecule has 8 heteroatoms. The Labute approximate surface area is 209 Å². The minimum atomic E-state index is -0.526. The van der Waals surface area contributed by atoms with Gasteiger partial charge in [-0.2, -0.15) is 5.10 Å². The van der Waals surface area contributed by atoms with Crippen molar-refractivity contribution in [2.45, 2.75) is 26.1 Å². The molecule has 182 valence electrons. The second-order valence-electron chi connectivity index (χ2n) is 7.78. The molecule has 1 unspecified atom stereocenters. The lowest BCUT2D eigenvalue weighted by atomic mass is 10.1. The Morgan fingerprint density at radius 1 is 1.20 bits per heavy atom. The molecule has 0 aromatic heterocycles. The number of nitrogens with zero attached hydrogens (tertiary/aromatic N) is 1. The predicted octanol–water partition coefficient (Wildman–Crippen LogP) is 5.18. The number of ether oxygens (including phenoxy) is 2. The first kappa shape index (κ1) is 25.8. The van der Waals surface area contributed by atoms with Crippen LogP contribution in [0.2, 0.25) is 5.02 Å². The Bertz CT molecular complexity index is 1220. The van der Waals surface area contributed by atoms with Gasteiger partial charge in [0.15, 0.2) is 11.5 Å². The molecule has 3 aromatic carbocycles. The minimum absolute atomic E-state index is 0.0786. The number of aromatic hydroxyl groups is 1. The molecule has 0 aliphatic carbocycles. The second-order valence-corrected chi connectivity index (χ2v) is 8.18. The lowest BCUT2D eigenvalue weighted by Crippen LogP contribution is -2.17. The van der Waals surface area contributed by atoms with Gasteiger partial charge < -0.3 is 19.7 Å². The Hall–Kier alpha value is -3.81. The zero-order valence-corrected chi connectivity index (χ0v) is 20.2. The molecule has 0 bridgehead atoms. The molecule has 7 nitrogen and oxygen atoms in total. The number of aliphatic hydroxyl groups is 1. The number of amides is 1. The third kappa shape index (κ3) is 6.85. The van der Waals surface area contributed by atoms with E-state index in [4.69, 9.17) is 21.1 Å². The van der Waals surface area contributed by atoms with Gasteiger partial charge in [-0.1, -0.05) is 41.9 Å². The molecule has 0 aliphatic rings. The lowest BCUT2D eigenvalue weighted by molar-refractivity contribution is 0.0955. The number of hydrogen-bond acceptors (Lipinski definition) is 6. The summed E-state index contributed by atoms with van der Waals surface area (Å²) in [6.07, 6.45) is 3.26. The van der Waals surface area contributed by atoms with Crippen LogP contribution in [0.1, 0.15) is 45.6 Å². The second kappa shape index (κ2) is 12.1. The number of rotatable bonds is 10. The standard InChI is InChI=1S/C27H27ClN2O5/c1-4-5-21-12-19(15-29-30-27(33)22-10-11-24(32)23(28)14-22)13-25(34-3)26(21)35-16-18-6-8-20(9-7-18)17(2)31/h4,6-15,17,31-32H,1,5,16H2,2-3H3,(H,30,33)/b29-15+. The molecule has 0 fully saturated rings. The maximum Gasteiger partial charge on any atom is 0.271 e. The van der Waals surface area contributed by atoms with Crippen molar-refractivity contribution >= 4 is 23.7 Å². The van der Waals surface area contributed by atoms with Gasteiger partial charge in [0.25, 0.3) is 5.91 Å². The van der Waals surface area contributed by atoms with Crippen LogP contribution < -0.4 is 14.9 Å². The van der Waals surface area contributed by atoms with Crippen molar-refractivity contribution in [2.75, 3.05) is 7.11 Å². The smallest absolute Gasteiger partial charge is 0.271 e. The van der Waals surface area contributed by atoms with Crippen LogP contribution in [0.3, 0.4) is 0 Å². The molecule has 3 rings (SSSR count). The fraction of sp³-hybridized carbons (Fsp3) is 0.185. The van der Waals surface area contributed by atoms with Crippen molar-refractivity contribution in [3.63, 3.8) is 0 Å². The number of phenols is 1. The number of hydrazone groups is 1. The van der Waals surface area contributed by atoms with Crippen molar-refractivity contribution < 1.29 is 24.5 Å². The minimum Gasteiger partial charge on any atom is -0.506 e. The Morgan fingerprint density at radius 3 is 2.57 bits per heavy atom. The number of nitrogens with one attached hydrogen (secondary N) is 1. The van der Waals surface area contributed by atoms with Crippen molar-refractivity contribution in [3.05, 3.63) is 100 Å². The summed E-state index contributed by atoms with van der Waals surface area (Å²) in [5.41, 5.74) is 6.02. The van der Waals surface area contributed by atoms with Gasteiger partial charge in [-0.25, -0.2) is 5.43 Å². The van der Waals surface area contributed by atoms with Gasteiger partial charge in [0.05, 0.1) is 24.5 Å². The summed E-state index contributed by atoms with van der Waals surface area (Å²) in [7, 11) is 1.55. The molecule has 1 amide bonds. The van der Waals surface area contributed by atoms with E-state index in [0.717, 1.165) is 16.7 Å². The maximum atomic E-state index is 12.3. The molecule has 35 heavy (non-hydrogen) atoms. The van der Waals surface area contributed by atoms with E-state index in [1.165, 1.54) is 24.4 Å². The van der Waals surface area contributed by atoms with Gasteiger partial charge >= 0.3 is 0 Å². The van der Waals surface area contributed by atoms with E-state index in [1.54, 1.807) is 26.2 Å². The van der Waals surface area contributed by atoms with Crippen LogP contribution in [0, 0.1) is 0 Å². The molecule has 3 N–H and O–H groups in total. The molecule has 0 spiro atoms. The first-order chi connectivity index (χ1) is 16.8. The average Bonchev–Trinajstić information content (AvgIpc) is 2.85. The molecule has 0 radical (unpaired) electrons. The summed E-state index contributed by atoms with van der Waals surface area (Å²) >= 11 is 5.85. The van der Waals surface area contributed by atoms with E-state index in [-0.39, 0.29) is 16.3 Å². The van der Waals surface area contributed by atoms with Gasteiger partial charge in [-0.3, -0.25) is 4.79 Å². The summed E-state index contributed by atoms with van der Waals surface area (Å²) in [6.45, 7) is 5.86. The van der Waals surface area contributed by atoms with Crippen LogP contribution in [0.25, 0.3) is 0 Å². The third-order valence-electron chi connectivity index (χ3n) is 5.17. The number of carbonyl (C=O) groups is 1. The van der Waals surface area contributed by atoms with Gasteiger partial charge in [0.2, 0.25) is 0 Å². The van der Waals surface area contributed by atoms with Gasteiger partial charge in [-0.05, 0) is 60.4 Å². The molecular weight excluding hydrogens is 468 g/mol. The predicted molar refractivity (Wildman–Crippen MR) is 136 cm³/mol. The van der Waals surface area contributed by atoms with Crippen LogP contribution >= 0.6 is 11.6 Å². The highest BCUT2D eigenvalue weighted by Crippen LogP contribution is 2.34. The molecule has 0 saturated heterocycles. The van der Waals surface area contributed by atoms with Crippen molar-refractivity contribution in [1.82, 2.24) is 5.43 Å². The summed E-state index contributed by atoms with van der Waals surface area (Å²) in [5.74, 6) is 0.533. The zero-order valence-electron chi connectivity index (χ0n) is 19.5. The van der Waals surface area contributed by atoms with Crippen molar-refractivity contribution in [3.8, 4) is 17.2 Å². The Morgan fingerprint density at radius 2 is 1.94 bits per heavy atom. The van der Waals surface area contributed by atoms with E-state index in [0.29, 0.717) is 30.1 Å². The van der Waals surface area contributed by atoms with Crippen molar-refractivity contribution in [2.24, 2.45) is 5.10 Å². The first-order valence-corrected chi connectivity index (χ1v) is 11.2. The number of aliphatic hydroxyl groups excluding tert-OH is 1. The van der Waals surface area contributed by atoms with Crippen LogP contribution in [0.15, 0.2) is 72.4 Å². The zero-order chi connectivity index (χ0) is 25.4. The average molecular weight is 495 g/mol. The highest BCUT2D eigenvalue weighted by atomic mass is 35.5. The molecule has 0 aliphatic heterocycles. The highest BCUT2D eigenvalue weighted by molar-refractivity contribution is 6.32. The fourth-order valence-corrected chi connectivity index (χ4v) is 3.49. The van der Waals surface area contributed by atoms with Gasteiger partial charge in [-0.15, -0.1) is 6.58 Å². The molecule has 3 aromatic rings. The number of carbonyl (C=O) groups excluding carboxylic acids is 1. The summed E-state index contributed by atoms with van der Waals surface area (Å²) in [5, 5.41) is 23.3. The number of hydrogen-bond donors (Lipinski definition) is 3. The normalized spacial score (nSPS) is 11.8. The van der Waals surface area contributed by atoms with Crippen LogP contribution in [-0.4, -0.2) is 29.4 Å². The molecule has 0 saturated carbocycles. The fourth-order valence-electron chi connectivity index (χ4n) is 3.31. The Balaban J connectivity index is 1.75. The Kier molecular flexibility index (Phi) is 8.89. The van der Waals surface area contributed by atoms with Crippen LogP contribution in [-0.2, 0) is 13.0 Å². The molecular formula is C27H27ClN2O5. The van der Waals surface area contributed by atoms with Crippen molar-refractivity contribution in [1.29, 1.82) is 0 Å². The number of allylic oxidation sites excluding steroid dienone is 1. The monoisotopic (exact) mass is 494 g/mol. The topological polar surface area (TPSA) is 100 Å². The molecule has 0 heterocycles. The van der Waals surface area contributed by atoms with Gasteiger partial charge in [0, 0.05) is 11.1 Å². The summed E-state index contributed by atoms with van der Waals surface area (Å²) < 4.78 is 11.6. The largest absolute Gasteiger partial charge is 0.506 e. The summed E-state index contributed by atoms with van der Waals surface area (Å²) in [6, 6.07) is 15.3. The van der Waals surface area contributed by atoms with E-state index in [1.807, 2.05) is 30.3 Å². The van der Waals surface area contributed by atoms with E-state index < -0.39 is 12.0 Å². The lowest BCUT2D eigenvalue weighted by Gasteiger charge is -2.16. The van der Waals surface area contributed by atoms with E-state index >= 15 is 0 Å². The molecule has 1 atom stereocenters. The maximum absolute atomic E-state index is 12.3. The van der Waals surface area contributed by atoms with Crippen LogP contribution in [0.5, 0.6) is 17.2 Å². The van der Waals surface area contributed by atoms with Crippen LogP contribution in [0.4, 0.5) is 0 Å². The highest BCUT2D eigenvalue weighted by Gasteiger charge is 2.13. The van der Waals surface area contributed by atoms with E-state index in [9.17, 15) is 15.0 Å². The number of benzene rings is 3. The number of methoxy groups -OCH3 is 1. The quantitative estimate of drug-likeness (QED) is 0.205. The number of phenolic OH excluding ortho intramolecular Hbond substituents is 1. The number of halogens is 1. The van der Waals surface area contributed by atoms with E-state index in [2.05, 4.69) is 17.1 Å². The first-order valence-electron chi connectivity index (χ1n) is 10.9. The third-order valence-corrected chi connectivity index (χ3v) is 5.48. The summed E-state index contributed by atoms with van der Waals surface area (Å²) in [4.78, 5) is 12.3. The SMILES string of the molecule is C=CCc1cc(/C=N/NC(=O)c2ccc(O)c(Cl)c2)cc(OC)c1OCc1ccc(C(C)O)cc1. The van der Waals surface area contributed by atoms with Gasteiger partial charge in [0.1, 0.15) is 12.4 Å².